The second kappa shape index (κ2) is 14.4. The van der Waals surface area contributed by atoms with Crippen LogP contribution in [0.5, 0.6) is 0 Å². The molecule has 0 aromatic rings. The molecule has 0 aliphatic heterocycles. The van der Waals surface area contributed by atoms with Gasteiger partial charge in [-0.15, -0.1) is 0 Å². The topological polar surface area (TPSA) is 52.6 Å². The average molecular weight is 393 g/mol. The molecule has 0 amide bonds. The first-order chi connectivity index (χ1) is 13.6. The van der Waals surface area contributed by atoms with E-state index in [4.69, 9.17) is 9.47 Å². The molecule has 2 saturated carbocycles. The van der Waals surface area contributed by atoms with Gasteiger partial charge in [0.25, 0.3) is 0 Å². The summed E-state index contributed by atoms with van der Waals surface area (Å²) in [6.07, 6.45) is 17.1. The van der Waals surface area contributed by atoms with Gasteiger partial charge in [0.2, 0.25) is 0 Å². The Bertz CT molecular complexity index is 447. The van der Waals surface area contributed by atoms with Crippen molar-refractivity contribution in [2.45, 2.75) is 79.1 Å². The second-order valence-corrected chi connectivity index (χ2v) is 7.57. The number of allylic oxidation sites excluding steroid dienone is 2. The number of carbonyl (C=O) groups excluding carboxylic acids is 2. The predicted octanol–water partition coefficient (Wildman–Crippen LogP) is 5.86. The highest BCUT2D eigenvalue weighted by molar-refractivity contribution is 5.82. The highest BCUT2D eigenvalue weighted by Crippen LogP contribution is 2.41. The van der Waals surface area contributed by atoms with Crippen LogP contribution >= 0.6 is 0 Å². The average Bonchev–Trinajstić information content (AvgIpc) is 2.73. The van der Waals surface area contributed by atoms with E-state index < -0.39 is 0 Å². The Kier molecular flexibility index (Phi) is 12.6. The molecule has 0 atom stereocenters. The summed E-state index contributed by atoms with van der Waals surface area (Å²) in [5.41, 5.74) is 0. The molecule has 28 heavy (non-hydrogen) atoms. The normalized spacial score (nSPS) is 27.9. The summed E-state index contributed by atoms with van der Waals surface area (Å²) < 4.78 is 9.89. The molecule has 0 radical (unpaired) electrons. The smallest absolute Gasteiger partial charge is 0.330 e. The maximum Gasteiger partial charge on any atom is 0.330 e. The SMILES string of the molecule is CC.CCOC(=O)/C=C/C1CCC(C2CCC(/C=C/C(=O)OCC)CC2)CC1. The lowest BCUT2D eigenvalue weighted by atomic mass is 9.69. The molecular weight excluding hydrogens is 352 g/mol. The van der Waals surface area contributed by atoms with Crippen molar-refractivity contribution in [2.75, 3.05) is 13.2 Å². The van der Waals surface area contributed by atoms with E-state index in [1.54, 1.807) is 12.2 Å². The third-order valence-electron chi connectivity index (χ3n) is 5.88. The lowest BCUT2D eigenvalue weighted by Crippen LogP contribution is -2.25. The Morgan fingerprint density at radius 2 is 1.00 bits per heavy atom. The number of ether oxygens (including phenoxy) is 2. The van der Waals surface area contributed by atoms with Gasteiger partial charge in [0.05, 0.1) is 13.2 Å². The van der Waals surface area contributed by atoms with Crippen LogP contribution in [0.4, 0.5) is 0 Å². The molecule has 160 valence electrons. The highest BCUT2D eigenvalue weighted by atomic mass is 16.5. The first kappa shape index (κ1) is 24.5. The number of hydrogen-bond donors (Lipinski definition) is 0. The van der Waals surface area contributed by atoms with Crippen LogP contribution in [0, 0.1) is 23.7 Å². The van der Waals surface area contributed by atoms with E-state index in [0.29, 0.717) is 25.0 Å². The summed E-state index contributed by atoms with van der Waals surface area (Å²) in [5.74, 6) is 2.28. The van der Waals surface area contributed by atoms with Crippen LogP contribution in [-0.2, 0) is 19.1 Å². The predicted molar refractivity (Wildman–Crippen MR) is 114 cm³/mol. The fraction of sp³-hybridized carbons (Fsp3) is 0.750. The van der Waals surface area contributed by atoms with E-state index in [2.05, 4.69) is 0 Å². The maximum absolute atomic E-state index is 11.4. The van der Waals surface area contributed by atoms with Crippen LogP contribution in [0.1, 0.15) is 79.1 Å². The fourth-order valence-electron chi connectivity index (χ4n) is 4.43. The molecule has 0 spiro atoms. The van der Waals surface area contributed by atoms with Crippen molar-refractivity contribution in [1.29, 1.82) is 0 Å². The molecule has 2 aliphatic carbocycles. The zero-order valence-corrected chi connectivity index (χ0v) is 18.3. The molecule has 2 fully saturated rings. The summed E-state index contributed by atoms with van der Waals surface area (Å²) in [6, 6.07) is 0. The molecule has 2 rings (SSSR count). The van der Waals surface area contributed by atoms with Crippen LogP contribution in [-0.4, -0.2) is 25.2 Å². The molecule has 0 aromatic heterocycles. The largest absolute Gasteiger partial charge is 0.463 e. The van der Waals surface area contributed by atoms with Crippen LogP contribution in [0.25, 0.3) is 0 Å². The maximum atomic E-state index is 11.4. The molecule has 0 N–H and O–H groups in total. The first-order valence-electron chi connectivity index (χ1n) is 11.3. The van der Waals surface area contributed by atoms with Gasteiger partial charge in [0.15, 0.2) is 0 Å². The van der Waals surface area contributed by atoms with Crippen LogP contribution < -0.4 is 0 Å². The van der Waals surface area contributed by atoms with Gasteiger partial charge in [-0.05, 0) is 88.9 Å². The number of esters is 2. The Labute approximate surface area is 171 Å². The molecule has 0 saturated heterocycles. The van der Waals surface area contributed by atoms with E-state index in [1.807, 2.05) is 39.8 Å². The summed E-state index contributed by atoms with van der Waals surface area (Å²) in [7, 11) is 0. The van der Waals surface area contributed by atoms with Crippen molar-refractivity contribution in [3.05, 3.63) is 24.3 Å². The quantitative estimate of drug-likeness (QED) is 0.402. The van der Waals surface area contributed by atoms with E-state index in [9.17, 15) is 9.59 Å². The third-order valence-corrected chi connectivity index (χ3v) is 5.88. The number of carbonyl (C=O) groups is 2. The van der Waals surface area contributed by atoms with Gasteiger partial charge in [-0.1, -0.05) is 26.0 Å². The van der Waals surface area contributed by atoms with Gasteiger partial charge in [-0.2, -0.15) is 0 Å². The Hall–Kier alpha value is -1.58. The van der Waals surface area contributed by atoms with Crippen LogP contribution in [0.3, 0.4) is 0 Å². The Morgan fingerprint density at radius 3 is 1.29 bits per heavy atom. The first-order valence-corrected chi connectivity index (χ1v) is 11.3. The standard InChI is InChI=1S/C22H34O4.C2H6/c1-3-25-21(23)15-9-17-5-11-19(12-6-17)20-13-7-18(8-14-20)10-16-22(24)26-4-2;1-2/h9-10,15-20H,3-8,11-14H2,1-2H3;1-2H3/b15-9+,16-10+;. The van der Waals surface area contributed by atoms with Gasteiger partial charge in [0, 0.05) is 12.2 Å². The van der Waals surface area contributed by atoms with Crippen molar-refractivity contribution < 1.29 is 19.1 Å². The minimum absolute atomic E-state index is 0.219. The molecule has 0 heterocycles. The molecule has 2 aliphatic rings. The monoisotopic (exact) mass is 392 g/mol. The van der Waals surface area contributed by atoms with E-state index in [-0.39, 0.29) is 11.9 Å². The van der Waals surface area contributed by atoms with E-state index in [1.165, 1.54) is 51.4 Å². The summed E-state index contributed by atoms with van der Waals surface area (Å²) in [5, 5.41) is 0. The highest BCUT2D eigenvalue weighted by Gasteiger charge is 2.29. The van der Waals surface area contributed by atoms with Crippen molar-refractivity contribution >= 4 is 11.9 Å². The molecule has 0 bridgehead atoms. The third kappa shape index (κ3) is 9.07. The van der Waals surface area contributed by atoms with Crippen LogP contribution in [0.2, 0.25) is 0 Å². The van der Waals surface area contributed by atoms with Crippen molar-refractivity contribution in [3.8, 4) is 0 Å². The van der Waals surface area contributed by atoms with Gasteiger partial charge in [-0.3, -0.25) is 0 Å². The van der Waals surface area contributed by atoms with Gasteiger partial charge in [0.1, 0.15) is 0 Å². The van der Waals surface area contributed by atoms with Gasteiger partial charge in [-0.25, -0.2) is 9.59 Å². The van der Waals surface area contributed by atoms with E-state index in [0.717, 1.165) is 11.8 Å². The molecule has 4 nitrogen and oxygen atoms in total. The summed E-state index contributed by atoms with van der Waals surface area (Å²) >= 11 is 0. The summed E-state index contributed by atoms with van der Waals surface area (Å²) in [6.45, 7) is 8.54. The number of rotatable bonds is 7. The lowest BCUT2D eigenvalue weighted by molar-refractivity contribution is -0.138. The number of hydrogen-bond acceptors (Lipinski definition) is 4. The molecule has 0 aromatic carbocycles. The lowest BCUT2D eigenvalue weighted by Gasteiger charge is -2.36. The fourth-order valence-corrected chi connectivity index (χ4v) is 4.43. The summed E-state index contributed by atoms with van der Waals surface area (Å²) in [4.78, 5) is 22.8. The Balaban J connectivity index is 0.00000190. The zero-order chi connectivity index (χ0) is 20.8. The molecule has 4 heteroatoms. The van der Waals surface area contributed by atoms with Crippen LogP contribution in [0.15, 0.2) is 24.3 Å². The van der Waals surface area contributed by atoms with Crippen molar-refractivity contribution in [1.82, 2.24) is 0 Å². The van der Waals surface area contributed by atoms with Crippen molar-refractivity contribution in [3.63, 3.8) is 0 Å². The van der Waals surface area contributed by atoms with Gasteiger partial charge < -0.3 is 9.47 Å². The minimum atomic E-state index is -0.219. The van der Waals surface area contributed by atoms with Gasteiger partial charge >= 0.3 is 11.9 Å². The molecule has 0 unspecified atom stereocenters. The van der Waals surface area contributed by atoms with E-state index >= 15 is 0 Å². The minimum Gasteiger partial charge on any atom is -0.463 e. The van der Waals surface area contributed by atoms with Crippen molar-refractivity contribution in [2.24, 2.45) is 23.7 Å². The Morgan fingerprint density at radius 1 is 0.679 bits per heavy atom. The molecular formula is C24H40O4. The second-order valence-electron chi connectivity index (χ2n) is 7.57. The zero-order valence-electron chi connectivity index (χ0n) is 18.3.